The molecule has 0 spiro atoms. The van der Waals surface area contributed by atoms with Gasteiger partial charge in [0.1, 0.15) is 5.82 Å². The van der Waals surface area contributed by atoms with Crippen LogP contribution in [0.2, 0.25) is 0 Å². The van der Waals surface area contributed by atoms with Crippen LogP contribution in [-0.4, -0.2) is 10.7 Å². The van der Waals surface area contributed by atoms with Crippen LogP contribution in [0.3, 0.4) is 0 Å². The summed E-state index contributed by atoms with van der Waals surface area (Å²) in [5.41, 5.74) is -0.577. The molecule has 82 valence electrons. The van der Waals surface area contributed by atoms with Crippen LogP contribution >= 0.6 is 0 Å². The second-order valence-electron chi connectivity index (χ2n) is 4.08. The summed E-state index contributed by atoms with van der Waals surface area (Å²) in [7, 11) is 0. The Labute approximate surface area is 85.5 Å². The van der Waals surface area contributed by atoms with Gasteiger partial charge in [-0.15, -0.1) is 0 Å². The first-order valence-electron chi connectivity index (χ1n) is 4.86. The fourth-order valence-corrected chi connectivity index (χ4v) is 1.52. The SMILES string of the molecule is OC1(CCc2cc(F)c(F)cc2F)CC1. The lowest BCUT2D eigenvalue weighted by atomic mass is 10.0. The molecule has 0 aliphatic heterocycles. The summed E-state index contributed by atoms with van der Waals surface area (Å²) < 4.78 is 38.5. The molecule has 1 nitrogen and oxygen atoms in total. The van der Waals surface area contributed by atoms with Crippen LogP contribution in [0.4, 0.5) is 13.2 Å². The third kappa shape index (κ3) is 2.31. The molecule has 1 aliphatic rings. The summed E-state index contributed by atoms with van der Waals surface area (Å²) in [5.74, 6) is -2.98. The lowest BCUT2D eigenvalue weighted by Crippen LogP contribution is -2.09. The fraction of sp³-hybridized carbons (Fsp3) is 0.455. The van der Waals surface area contributed by atoms with Crippen molar-refractivity contribution < 1.29 is 18.3 Å². The van der Waals surface area contributed by atoms with Crippen molar-refractivity contribution in [2.45, 2.75) is 31.3 Å². The first-order chi connectivity index (χ1) is 7.00. The molecule has 1 saturated carbocycles. The first-order valence-corrected chi connectivity index (χ1v) is 4.86. The van der Waals surface area contributed by atoms with E-state index in [1.54, 1.807) is 0 Å². The van der Waals surface area contributed by atoms with E-state index in [0.29, 0.717) is 25.3 Å². The van der Waals surface area contributed by atoms with Crippen LogP contribution in [-0.2, 0) is 6.42 Å². The van der Waals surface area contributed by atoms with Gasteiger partial charge in [0.15, 0.2) is 11.6 Å². The van der Waals surface area contributed by atoms with Crippen molar-refractivity contribution in [3.05, 3.63) is 35.1 Å². The van der Waals surface area contributed by atoms with E-state index in [4.69, 9.17) is 0 Å². The van der Waals surface area contributed by atoms with Crippen molar-refractivity contribution in [2.75, 3.05) is 0 Å². The van der Waals surface area contributed by atoms with Crippen LogP contribution in [0.25, 0.3) is 0 Å². The van der Waals surface area contributed by atoms with Crippen molar-refractivity contribution in [3.8, 4) is 0 Å². The molecule has 0 atom stereocenters. The molecule has 1 aromatic carbocycles. The molecule has 1 N–H and O–H groups in total. The van der Waals surface area contributed by atoms with Crippen molar-refractivity contribution in [1.82, 2.24) is 0 Å². The highest BCUT2D eigenvalue weighted by molar-refractivity contribution is 5.20. The Kier molecular flexibility index (Phi) is 2.46. The van der Waals surface area contributed by atoms with E-state index in [1.165, 1.54) is 0 Å². The Morgan fingerprint density at radius 3 is 2.27 bits per heavy atom. The summed E-state index contributed by atoms with van der Waals surface area (Å²) in [5, 5.41) is 9.51. The molecule has 2 rings (SSSR count). The van der Waals surface area contributed by atoms with Gasteiger partial charge in [-0.25, -0.2) is 13.2 Å². The molecule has 0 bridgehead atoms. The van der Waals surface area contributed by atoms with Crippen molar-refractivity contribution >= 4 is 0 Å². The van der Waals surface area contributed by atoms with Gasteiger partial charge in [0.05, 0.1) is 5.60 Å². The number of aliphatic hydroxyl groups is 1. The van der Waals surface area contributed by atoms with Crippen LogP contribution < -0.4 is 0 Å². The molecule has 4 heteroatoms. The molecule has 1 fully saturated rings. The minimum Gasteiger partial charge on any atom is -0.390 e. The zero-order valence-corrected chi connectivity index (χ0v) is 8.06. The maximum Gasteiger partial charge on any atom is 0.161 e. The van der Waals surface area contributed by atoms with E-state index in [9.17, 15) is 18.3 Å². The van der Waals surface area contributed by atoms with Gasteiger partial charge in [0.25, 0.3) is 0 Å². The largest absolute Gasteiger partial charge is 0.390 e. The minimum atomic E-state index is -1.18. The van der Waals surface area contributed by atoms with E-state index < -0.39 is 23.1 Å². The summed E-state index contributed by atoms with van der Waals surface area (Å²) >= 11 is 0. The quantitative estimate of drug-likeness (QED) is 0.770. The summed E-state index contributed by atoms with van der Waals surface area (Å²) in [6.45, 7) is 0. The first kappa shape index (κ1) is 10.5. The number of halogens is 3. The number of benzene rings is 1. The average Bonchev–Trinajstić information content (AvgIpc) is 2.89. The van der Waals surface area contributed by atoms with E-state index in [1.807, 2.05) is 0 Å². The third-order valence-corrected chi connectivity index (χ3v) is 2.78. The summed E-state index contributed by atoms with van der Waals surface area (Å²) in [6.07, 6.45) is 2.05. The monoisotopic (exact) mass is 216 g/mol. The third-order valence-electron chi connectivity index (χ3n) is 2.78. The molecule has 15 heavy (non-hydrogen) atoms. The van der Waals surface area contributed by atoms with Gasteiger partial charge in [-0.1, -0.05) is 0 Å². The molecular weight excluding hydrogens is 205 g/mol. The van der Waals surface area contributed by atoms with Crippen molar-refractivity contribution in [1.29, 1.82) is 0 Å². The number of hydrogen-bond donors (Lipinski definition) is 1. The minimum absolute atomic E-state index is 0.120. The van der Waals surface area contributed by atoms with Crippen molar-refractivity contribution in [2.24, 2.45) is 0 Å². The van der Waals surface area contributed by atoms with Gasteiger partial charge in [-0.2, -0.15) is 0 Å². The number of rotatable bonds is 3. The van der Waals surface area contributed by atoms with Crippen LogP contribution in [0, 0.1) is 17.5 Å². The normalized spacial score (nSPS) is 17.9. The molecular formula is C11H11F3O. The molecule has 0 heterocycles. The molecule has 0 radical (unpaired) electrons. The van der Waals surface area contributed by atoms with Crippen LogP contribution in [0.5, 0.6) is 0 Å². The zero-order valence-electron chi connectivity index (χ0n) is 8.06. The van der Waals surface area contributed by atoms with Crippen LogP contribution in [0.1, 0.15) is 24.8 Å². The second-order valence-corrected chi connectivity index (χ2v) is 4.08. The van der Waals surface area contributed by atoms with Gasteiger partial charge in [-0.3, -0.25) is 0 Å². The lowest BCUT2D eigenvalue weighted by Gasteiger charge is -2.08. The summed E-state index contributed by atoms with van der Waals surface area (Å²) in [6, 6.07) is 1.40. The highest BCUT2D eigenvalue weighted by atomic mass is 19.2. The maximum atomic E-state index is 13.1. The van der Waals surface area contributed by atoms with Gasteiger partial charge in [0.2, 0.25) is 0 Å². The number of hydrogen-bond acceptors (Lipinski definition) is 1. The second kappa shape index (κ2) is 3.52. The standard InChI is InChI=1S/C11H11F3O/c12-8-6-10(14)9(13)5-7(8)1-2-11(15)3-4-11/h5-6,15H,1-4H2. The topological polar surface area (TPSA) is 20.2 Å². The smallest absolute Gasteiger partial charge is 0.161 e. The van der Waals surface area contributed by atoms with E-state index in [2.05, 4.69) is 0 Å². The average molecular weight is 216 g/mol. The predicted octanol–water partition coefficient (Wildman–Crippen LogP) is 2.56. The highest BCUT2D eigenvalue weighted by Gasteiger charge is 2.39. The molecule has 0 unspecified atom stereocenters. The Balaban J connectivity index is 2.10. The Bertz CT molecular complexity index is 386. The van der Waals surface area contributed by atoms with Gasteiger partial charge in [-0.05, 0) is 37.3 Å². The zero-order chi connectivity index (χ0) is 11.1. The van der Waals surface area contributed by atoms with Gasteiger partial charge >= 0.3 is 0 Å². The van der Waals surface area contributed by atoms with Gasteiger partial charge in [0, 0.05) is 6.07 Å². The van der Waals surface area contributed by atoms with Crippen molar-refractivity contribution in [3.63, 3.8) is 0 Å². The van der Waals surface area contributed by atoms with Gasteiger partial charge < -0.3 is 5.11 Å². The van der Waals surface area contributed by atoms with Crippen LogP contribution in [0.15, 0.2) is 12.1 Å². The molecule has 1 aliphatic carbocycles. The molecule has 0 saturated heterocycles. The Morgan fingerprint density at radius 1 is 1.07 bits per heavy atom. The molecule has 0 amide bonds. The predicted molar refractivity (Wildman–Crippen MR) is 48.8 cm³/mol. The highest BCUT2D eigenvalue weighted by Crippen LogP contribution is 2.39. The maximum absolute atomic E-state index is 13.1. The number of aryl methyl sites for hydroxylation is 1. The molecule has 0 aromatic heterocycles. The Morgan fingerprint density at radius 2 is 1.67 bits per heavy atom. The Hall–Kier alpha value is -1.03. The summed E-state index contributed by atoms with van der Waals surface area (Å²) in [4.78, 5) is 0. The lowest BCUT2D eigenvalue weighted by molar-refractivity contribution is 0.140. The van der Waals surface area contributed by atoms with E-state index >= 15 is 0 Å². The molecule has 1 aromatic rings. The van der Waals surface area contributed by atoms with E-state index in [0.717, 1.165) is 6.07 Å². The fourth-order valence-electron chi connectivity index (χ4n) is 1.52. The van der Waals surface area contributed by atoms with E-state index in [-0.39, 0.29) is 12.0 Å².